The molecule has 18 heavy (non-hydrogen) atoms. The van der Waals surface area contributed by atoms with E-state index < -0.39 is 24.5 Å². The van der Waals surface area contributed by atoms with Crippen LogP contribution >= 0.6 is 0 Å². The Morgan fingerprint density at radius 2 is 2.22 bits per heavy atom. The Balaban J connectivity index is 2.51. The monoisotopic (exact) mass is 260 g/mol. The predicted octanol–water partition coefficient (Wildman–Crippen LogP) is 2.69. The van der Waals surface area contributed by atoms with Gasteiger partial charge in [0.2, 0.25) is 5.67 Å². The van der Waals surface area contributed by atoms with Crippen LogP contribution < -0.4 is 4.74 Å². The van der Waals surface area contributed by atoms with Crippen LogP contribution in [-0.4, -0.2) is 26.1 Å². The highest BCUT2D eigenvalue weighted by Gasteiger charge is 2.46. The maximum Gasteiger partial charge on any atom is 0.337 e. The lowest BCUT2D eigenvalue weighted by molar-refractivity contribution is -0.0618. The normalized spacial score (nSPS) is 22.3. The Hall–Kier alpha value is -1.72. The second kappa shape index (κ2) is 4.51. The van der Waals surface area contributed by atoms with Gasteiger partial charge in [0.25, 0.3) is 6.43 Å². The average Bonchev–Trinajstić information content (AvgIpc) is 2.37. The molecule has 1 atom stereocenters. The molecule has 1 aliphatic rings. The molecule has 1 aromatic carbocycles. The third-order valence-corrected chi connectivity index (χ3v) is 2.92. The number of carbonyl (C=O) groups is 1. The number of alkyl halides is 3. The van der Waals surface area contributed by atoms with E-state index in [4.69, 9.17) is 4.74 Å². The molecule has 3 nitrogen and oxygen atoms in total. The van der Waals surface area contributed by atoms with E-state index >= 15 is 0 Å². The maximum absolute atomic E-state index is 14.3. The molecule has 1 aliphatic heterocycles. The number of hydrogen-bond donors (Lipinski definition) is 0. The molecule has 0 N–H and O–H groups in total. The van der Waals surface area contributed by atoms with E-state index in [9.17, 15) is 18.0 Å². The summed E-state index contributed by atoms with van der Waals surface area (Å²) in [7, 11) is 1.16. The minimum Gasteiger partial charge on any atom is -0.493 e. The van der Waals surface area contributed by atoms with Crippen LogP contribution in [0.3, 0.4) is 0 Å². The summed E-state index contributed by atoms with van der Waals surface area (Å²) in [5.74, 6) is -0.670. The number of halogens is 3. The Kier molecular flexibility index (Phi) is 3.19. The molecular weight excluding hydrogens is 249 g/mol. The SMILES string of the molecule is COC(=O)c1ccc2c(c1)C(F)(C(F)F)CCO2. The summed E-state index contributed by atoms with van der Waals surface area (Å²) in [6.45, 7) is -0.120. The van der Waals surface area contributed by atoms with Crippen LogP contribution in [-0.2, 0) is 10.4 Å². The molecule has 6 heteroatoms. The minimum atomic E-state index is -3.17. The molecule has 0 saturated carbocycles. The van der Waals surface area contributed by atoms with Gasteiger partial charge < -0.3 is 9.47 Å². The summed E-state index contributed by atoms with van der Waals surface area (Å²) in [6, 6.07) is 3.71. The number of rotatable bonds is 2. The summed E-state index contributed by atoms with van der Waals surface area (Å²) in [4.78, 5) is 11.3. The molecule has 0 amide bonds. The molecule has 0 saturated heterocycles. The van der Waals surface area contributed by atoms with Crippen molar-refractivity contribution in [2.75, 3.05) is 13.7 Å². The van der Waals surface area contributed by atoms with Crippen molar-refractivity contribution in [2.45, 2.75) is 18.5 Å². The van der Waals surface area contributed by atoms with Gasteiger partial charge in [0.05, 0.1) is 19.3 Å². The molecule has 0 spiro atoms. The van der Waals surface area contributed by atoms with E-state index in [1.807, 2.05) is 0 Å². The Labute approximate surface area is 102 Å². The lowest BCUT2D eigenvalue weighted by Crippen LogP contribution is -2.35. The third kappa shape index (κ3) is 1.91. The van der Waals surface area contributed by atoms with Gasteiger partial charge in [0, 0.05) is 12.0 Å². The first kappa shape index (κ1) is 12.7. The summed E-state index contributed by atoms with van der Waals surface area (Å²) in [5, 5.41) is 0. The zero-order chi connectivity index (χ0) is 13.3. The van der Waals surface area contributed by atoms with E-state index in [1.54, 1.807) is 0 Å². The predicted molar refractivity (Wildman–Crippen MR) is 56.7 cm³/mol. The fourth-order valence-corrected chi connectivity index (χ4v) is 1.90. The summed E-state index contributed by atoms with van der Waals surface area (Å²) < 4.78 is 49.5. The summed E-state index contributed by atoms with van der Waals surface area (Å²) >= 11 is 0. The van der Waals surface area contributed by atoms with Crippen LogP contribution in [0.2, 0.25) is 0 Å². The number of benzene rings is 1. The van der Waals surface area contributed by atoms with Crippen molar-refractivity contribution in [1.82, 2.24) is 0 Å². The Morgan fingerprint density at radius 3 is 2.83 bits per heavy atom. The second-order valence-electron chi connectivity index (χ2n) is 3.96. The highest BCUT2D eigenvalue weighted by atomic mass is 19.3. The molecule has 0 aromatic heterocycles. The van der Waals surface area contributed by atoms with Gasteiger partial charge in [0.15, 0.2) is 0 Å². The van der Waals surface area contributed by atoms with E-state index in [0.29, 0.717) is 0 Å². The van der Waals surface area contributed by atoms with Gasteiger partial charge in [-0.2, -0.15) is 0 Å². The highest BCUT2D eigenvalue weighted by Crippen LogP contribution is 2.44. The van der Waals surface area contributed by atoms with Gasteiger partial charge in [0.1, 0.15) is 5.75 Å². The van der Waals surface area contributed by atoms with Gasteiger partial charge in [-0.15, -0.1) is 0 Å². The molecule has 1 unspecified atom stereocenters. The van der Waals surface area contributed by atoms with Crippen molar-refractivity contribution in [3.8, 4) is 5.75 Å². The fraction of sp³-hybridized carbons (Fsp3) is 0.417. The second-order valence-corrected chi connectivity index (χ2v) is 3.96. The summed E-state index contributed by atoms with van der Waals surface area (Å²) in [5.41, 5.74) is -3.06. The number of hydrogen-bond acceptors (Lipinski definition) is 3. The first-order valence-electron chi connectivity index (χ1n) is 5.31. The Bertz CT molecular complexity index is 476. The van der Waals surface area contributed by atoms with Gasteiger partial charge >= 0.3 is 5.97 Å². The van der Waals surface area contributed by atoms with Crippen molar-refractivity contribution in [3.63, 3.8) is 0 Å². The molecule has 0 radical (unpaired) electrons. The van der Waals surface area contributed by atoms with Crippen LogP contribution in [0.5, 0.6) is 5.75 Å². The van der Waals surface area contributed by atoms with E-state index in [0.717, 1.165) is 13.2 Å². The highest BCUT2D eigenvalue weighted by molar-refractivity contribution is 5.89. The number of methoxy groups -OCH3 is 1. The van der Waals surface area contributed by atoms with Crippen LogP contribution in [0.25, 0.3) is 0 Å². The Morgan fingerprint density at radius 1 is 1.50 bits per heavy atom. The smallest absolute Gasteiger partial charge is 0.337 e. The van der Waals surface area contributed by atoms with Gasteiger partial charge in [-0.05, 0) is 18.2 Å². The van der Waals surface area contributed by atoms with Gasteiger partial charge in [-0.3, -0.25) is 0 Å². The number of fused-ring (bicyclic) bond motifs is 1. The number of esters is 1. The molecule has 98 valence electrons. The molecule has 1 aromatic rings. The molecular formula is C12H11F3O3. The lowest BCUT2D eigenvalue weighted by Gasteiger charge is -2.31. The zero-order valence-electron chi connectivity index (χ0n) is 9.58. The van der Waals surface area contributed by atoms with E-state index in [1.165, 1.54) is 12.1 Å². The zero-order valence-corrected chi connectivity index (χ0v) is 9.58. The van der Waals surface area contributed by atoms with Crippen LogP contribution in [0.1, 0.15) is 22.3 Å². The topological polar surface area (TPSA) is 35.5 Å². The maximum atomic E-state index is 14.3. The molecule has 1 heterocycles. The van der Waals surface area contributed by atoms with Crippen molar-refractivity contribution in [1.29, 1.82) is 0 Å². The van der Waals surface area contributed by atoms with Gasteiger partial charge in [-0.25, -0.2) is 18.0 Å². The first-order chi connectivity index (χ1) is 8.49. The lowest BCUT2D eigenvalue weighted by atomic mass is 9.89. The minimum absolute atomic E-state index is 0.0180. The van der Waals surface area contributed by atoms with Crippen molar-refractivity contribution < 1.29 is 27.4 Å². The van der Waals surface area contributed by atoms with Crippen LogP contribution in [0.15, 0.2) is 18.2 Å². The molecule has 0 aliphatic carbocycles. The summed E-state index contributed by atoms with van der Waals surface area (Å²) in [6.07, 6.45) is -3.62. The van der Waals surface area contributed by atoms with E-state index in [2.05, 4.69) is 4.74 Å². The van der Waals surface area contributed by atoms with Crippen molar-refractivity contribution in [2.24, 2.45) is 0 Å². The number of ether oxygens (including phenoxy) is 2. The average molecular weight is 260 g/mol. The quantitative estimate of drug-likeness (QED) is 0.767. The number of carbonyl (C=O) groups excluding carboxylic acids is 1. The fourth-order valence-electron chi connectivity index (χ4n) is 1.90. The standard InChI is InChI=1S/C12H11F3O3/c1-17-10(16)7-2-3-9-8(6-7)12(15,11(13)14)4-5-18-9/h2-3,6,11H,4-5H2,1H3. The van der Waals surface area contributed by atoms with Crippen LogP contribution in [0.4, 0.5) is 13.2 Å². The van der Waals surface area contributed by atoms with Crippen molar-refractivity contribution in [3.05, 3.63) is 29.3 Å². The first-order valence-corrected chi connectivity index (χ1v) is 5.31. The third-order valence-electron chi connectivity index (χ3n) is 2.92. The van der Waals surface area contributed by atoms with E-state index in [-0.39, 0.29) is 23.5 Å². The molecule has 2 rings (SSSR count). The van der Waals surface area contributed by atoms with Crippen molar-refractivity contribution >= 4 is 5.97 Å². The molecule has 0 fully saturated rings. The van der Waals surface area contributed by atoms with Gasteiger partial charge in [-0.1, -0.05) is 0 Å². The largest absolute Gasteiger partial charge is 0.493 e. The molecule has 0 bridgehead atoms. The van der Waals surface area contributed by atoms with Crippen LogP contribution in [0, 0.1) is 0 Å².